The van der Waals surface area contributed by atoms with Gasteiger partial charge >= 0.3 is 11.9 Å². The lowest BCUT2D eigenvalue weighted by Gasteiger charge is -2.03. The highest BCUT2D eigenvalue weighted by atomic mass is 32.2. The SMILES string of the molecule is COC(=O)CSCc1c(C(=O)O)cnn1C. The van der Waals surface area contributed by atoms with Crippen LogP contribution in [0, 0.1) is 0 Å². The van der Waals surface area contributed by atoms with Crippen LogP contribution >= 0.6 is 11.8 Å². The van der Waals surface area contributed by atoms with Crippen LogP contribution in [0.15, 0.2) is 6.20 Å². The maximum atomic E-state index is 10.9. The summed E-state index contributed by atoms with van der Waals surface area (Å²) in [6.07, 6.45) is 1.30. The molecule has 0 aliphatic rings. The first-order chi connectivity index (χ1) is 7.56. The normalized spacial score (nSPS) is 10.1. The first-order valence-corrected chi connectivity index (χ1v) is 5.60. The Morgan fingerprint density at radius 1 is 1.62 bits per heavy atom. The van der Waals surface area contributed by atoms with Gasteiger partial charge in [-0.25, -0.2) is 4.79 Å². The number of aromatic nitrogens is 2. The highest BCUT2D eigenvalue weighted by molar-refractivity contribution is 7.99. The van der Waals surface area contributed by atoms with Gasteiger partial charge in [-0.05, 0) is 0 Å². The second kappa shape index (κ2) is 5.55. The van der Waals surface area contributed by atoms with Gasteiger partial charge in [0.1, 0.15) is 5.56 Å². The lowest BCUT2D eigenvalue weighted by molar-refractivity contribution is -0.137. The van der Waals surface area contributed by atoms with Gasteiger partial charge in [-0.2, -0.15) is 5.10 Å². The lowest BCUT2D eigenvalue weighted by atomic mass is 10.3. The van der Waals surface area contributed by atoms with E-state index in [9.17, 15) is 9.59 Å². The molecule has 0 aliphatic heterocycles. The number of rotatable bonds is 5. The molecule has 0 saturated carbocycles. The van der Waals surface area contributed by atoms with Gasteiger partial charge in [-0.15, -0.1) is 11.8 Å². The van der Waals surface area contributed by atoms with Gasteiger partial charge in [-0.3, -0.25) is 9.48 Å². The summed E-state index contributed by atoms with van der Waals surface area (Å²) < 4.78 is 5.97. The number of carbonyl (C=O) groups excluding carboxylic acids is 1. The van der Waals surface area contributed by atoms with Gasteiger partial charge in [0.25, 0.3) is 0 Å². The Morgan fingerprint density at radius 2 is 2.31 bits per heavy atom. The van der Waals surface area contributed by atoms with Crippen molar-refractivity contribution in [2.24, 2.45) is 7.05 Å². The van der Waals surface area contributed by atoms with Crippen molar-refractivity contribution in [2.45, 2.75) is 5.75 Å². The smallest absolute Gasteiger partial charge is 0.339 e. The molecule has 6 nitrogen and oxygen atoms in total. The first-order valence-electron chi connectivity index (χ1n) is 4.45. The fraction of sp³-hybridized carbons (Fsp3) is 0.444. The predicted molar refractivity (Wildman–Crippen MR) is 58.3 cm³/mol. The number of aryl methyl sites for hydroxylation is 1. The van der Waals surface area contributed by atoms with Crippen molar-refractivity contribution in [3.63, 3.8) is 0 Å². The number of hydrogen-bond donors (Lipinski definition) is 1. The van der Waals surface area contributed by atoms with Crippen molar-refractivity contribution >= 4 is 23.7 Å². The van der Waals surface area contributed by atoms with Crippen LogP contribution in [0.25, 0.3) is 0 Å². The third kappa shape index (κ3) is 2.99. The van der Waals surface area contributed by atoms with Crippen molar-refractivity contribution in [3.05, 3.63) is 17.5 Å². The van der Waals surface area contributed by atoms with E-state index in [2.05, 4.69) is 9.84 Å². The third-order valence-electron chi connectivity index (χ3n) is 1.98. The largest absolute Gasteiger partial charge is 0.478 e. The fourth-order valence-electron chi connectivity index (χ4n) is 1.10. The third-order valence-corrected chi connectivity index (χ3v) is 2.90. The van der Waals surface area contributed by atoms with Crippen LogP contribution in [0.2, 0.25) is 0 Å². The molecule has 0 fully saturated rings. The van der Waals surface area contributed by atoms with Crippen LogP contribution in [-0.4, -0.2) is 39.7 Å². The summed E-state index contributed by atoms with van der Waals surface area (Å²) in [5, 5.41) is 12.7. The molecular weight excluding hydrogens is 232 g/mol. The average Bonchev–Trinajstić information content (AvgIpc) is 2.60. The van der Waals surface area contributed by atoms with Crippen LogP contribution in [0.3, 0.4) is 0 Å². The molecule has 1 heterocycles. The van der Waals surface area contributed by atoms with E-state index in [0.29, 0.717) is 11.4 Å². The van der Waals surface area contributed by atoms with Gasteiger partial charge < -0.3 is 9.84 Å². The van der Waals surface area contributed by atoms with Gasteiger partial charge in [-0.1, -0.05) is 0 Å². The van der Waals surface area contributed by atoms with E-state index in [4.69, 9.17) is 5.11 Å². The Labute approximate surface area is 96.6 Å². The molecule has 0 spiro atoms. The lowest BCUT2D eigenvalue weighted by Crippen LogP contribution is -2.07. The van der Waals surface area contributed by atoms with E-state index in [1.807, 2.05) is 0 Å². The monoisotopic (exact) mass is 244 g/mol. The van der Waals surface area contributed by atoms with Crippen molar-refractivity contribution in [1.29, 1.82) is 0 Å². The van der Waals surface area contributed by atoms with E-state index >= 15 is 0 Å². The predicted octanol–water partition coefficient (Wildman–Crippen LogP) is 0.524. The first kappa shape index (κ1) is 12.6. The number of hydrogen-bond acceptors (Lipinski definition) is 5. The number of thioether (sulfide) groups is 1. The van der Waals surface area contributed by atoms with Gasteiger partial charge in [0.2, 0.25) is 0 Å². The number of carboxylic acid groups (broad SMARTS) is 1. The Balaban J connectivity index is 2.62. The van der Waals surface area contributed by atoms with Gasteiger partial charge in [0.05, 0.1) is 24.8 Å². The Bertz CT molecular complexity index is 402. The maximum Gasteiger partial charge on any atom is 0.339 e. The van der Waals surface area contributed by atoms with Crippen molar-refractivity contribution in [3.8, 4) is 0 Å². The summed E-state index contributed by atoms with van der Waals surface area (Å²) in [6.45, 7) is 0. The zero-order chi connectivity index (χ0) is 12.1. The molecule has 0 aromatic carbocycles. The highest BCUT2D eigenvalue weighted by Crippen LogP contribution is 2.16. The molecule has 88 valence electrons. The summed E-state index contributed by atoms with van der Waals surface area (Å²) in [6, 6.07) is 0. The minimum absolute atomic E-state index is 0.167. The van der Waals surface area contributed by atoms with Crippen LogP contribution in [0.4, 0.5) is 0 Å². The number of aromatic carboxylic acids is 1. The van der Waals surface area contributed by atoms with Crippen LogP contribution < -0.4 is 0 Å². The number of carbonyl (C=O) groups is 2. The molecule has 0 saturated heterocycles. The second-order valence-electron chi connectivity index (χ2n) is 3.00. The van der Waals surface area contributed by atoms with Gasteiger partial charge in [0.15, 0.2) is 0 Å². The van der Waals surface area contributed by atoms with E-state index in [0.717, 1.165) is 0 Å². The maximum absolute atomic E-state index is 10.9. The Morgan fingerprint density at radius 3 is 2.88 bits per heavy atom. The van der Waals surface area contributed by atoms with Crippen molar-refractivity contribution in [1.82, 2.24) is 9.78 Å². The van der Waals surface area contributed by atoms with Crippen LogP contribution in [0.1, 0.15) is 16.1 Å². The zero-order valence-electron chi connectivity index (χ0n) is 8.97. The molecule has 0 bridgehead atoms. The van der Waals surface area contributed by atoms with E-state index < -0.39 is 5.97 Å². The van der Waals surface area contributed by atoms with Crippen molar-refractivity contribution in [2.75, 3.05) is 12.9 Å². The summed E-state index contributed by atoms with van der Waals surface area (Å²) in [5.74, 6) is -0.737. The number of nitrogens with zero attached hydrogens (tertiary/aromatic N) is 2. The van der Waals surface area contributed by atoms with E-state index in [-0.39, 0.29) is 17.3 Å². The minimum Gasteiger partial charge on any atom is -0.478 e. The molecule has 7 heteroatoms. The molecule has 0 aliphatic carbocycles. The second-order valence-corrected chi connectivity index (χ2v) is 3.99. The van der Waals surface area contributed by atoms with E-state index in [1.165, 1.54) is 29.8 Å². The zero-order valence-corrected chi connectivity index (χ0v) is 9.78. The highest BCUT2D eigenvalue weighted by Gasteiger charge is 2.15. The van der Waals surface area contributed by atoms with Crippen molar-refractivity contribution < 1.29 is 19.4 Å². The standard InChI is InChI=1S/C9H12N2O4S/c1-11-7(4-16-5-8(12)15-2)6(3-10-11)9(13)14/h3H,4-5H2,1-2H3,(H,13,14). The summed E-state index contributed by atoms with van der Waals surface area (Å²) in [7, 11) is 2.98. The van der Waals surface area contributed by atoms with Crippen LogP contribution in [-0.2, 0) is 22.3 Å². The molecule has 1 aromatic heterocycles. The molecule has 0 amide bonds. The number of ether oxygens (including phenoxy) is 1. The van der Waals surface area contributed by atoms with Gasteiger partial charge in [0, 0.05) is 12.8 Å². The average molecular weight is 244 g/mol. The Kier molecular flexibility index (Phi) is 4.36. The topological polar surface area (TPSA) is 81.4 Å². The molecule has 16 heavy (non-hydrogen) atoms. The quantitative estimate of drug-likeness (QED) is 0.761. The minimum atomic E-state index is -1.01. The number of methoxy groups -OCH3 is 1. The summed E-state index contributed by atoms with van der Waals surface area (Å²) in [4.78, 5) is 21.7. The molecule has 1 rings (SSSR count). The number of esters is 1. The summed E-state index contributed by atoms with van der Waals surface area (Å²) >= 11 is 1.29. The number of carboxylic acids is 1. The molecule has 1 N–H and O–H groups in total. The molecular formula is C9H12N2O4S. The molecule has 0 atom stereocenters. The molecule has 0 unspecified atom stereocenters. The molecule has 1 aromatic rings. The summed E-state index contributed by atoms with van der Waals surface area (Å²) in [5.41, 5.74) is 0.751. The van der Waals surface area contributed by atoms with E-state index in [1.54, 1.807) is 7.05 Å². The Hall–Kier alpha value is -1.50. The van der Waals surface area contributed by atoms with Crippen LogP contribution in [0.5, 0.6) is 0 Å². The fourth-order valence-corrected chi connectivity index (χ4v) is 2.02. The molecule has 0 radical (unpaired) electrons.